The van der Waals surface area contributed by atoms with E-state index in [2.05, 4.69) is 9.88 Å². The highest BCUT2D eigenvalue weighted by Crippen LogP contribution is 2.41. The number of pyridine rings is 1. The first-order valence-electron chi connectivity index (χ1n) is 12.2. The SMILES string of the molecule is CN(C)/C=C\N(C=O)c1ccc(-c2cc(F)cc(-c3cncc(N4CCCCC4)c3)c2O)cc1Cl.CNF. The lowest BCUT2D eigenvalue weighted by atomic mass is 9.97. The number of anilines is 2. The number of nitrogens with zero attached hydrogens (tertiary/aromatic N) is 4. The van der Waals surface area contributed by atoms with Crippen molar-refractivity contribution in [3.8, 4) is 28.0 Å². The highest BCUT2D eigenvalue weighted by atomic mass is 35.5. The van der Waals surface area contributed by atoms with E-state index in [1.807, 2.05) is 20.2 Å². The van der Waals surface area contributed by atoms with Crippen LogP contribution in [0.5, 0.6) is 5.75 Å². The van der Waals surface area contributed by atoms with Crippen LogP contribution < -0.4 is 15.3 Å². The summed E-state index contributed by atoms with van der Waals surface area (Å²) in [7, 11) is 4.89. The average Bonchev–Trinajstić information content (AvgIpc) is 2.91. The number of nitrogens with one attached hydrogen (secondary N) is 1. The van der Waals surface area contributed by atoms with Crippen molar-refractivity contribution in [1.82, 2.24) is 15.4 Å². The van der Waals surface area contributed by atoms with Gasteiger partial charge in [0.25, 0.3) is 0 Å². The molecule has 0 aliphatic carbocycles. The average molecular weight is 544 g/mol. The highest BCUT2D eigenvalue weighted by molar-refractivity contribution is 6.34. The molecule has 1 saturated heterocycles. The van der Waals surface area contributed by atoms with Crippen LogP contribution in [0.15, 0.2) is 61.2 Å². The molecule has 0 atom stereocenters. The van der Waals surface area contributed by atoms with Crippen LogP contribution in [0.4, 0.5) is 20.2 Å². The number of phenolic OH excluding ortho intramolecular Hbond substituents is 1. The third-order valence-corrected chi connectivity index (χ3v) is 6.31. The van der Waals surface area contributed by atoms with Gasteiger partial charge in [0.05, 0.1) is 22.6 Å². The van der Waals surface area contributed by atoms with Crippen LogP contribution in [0.1, 0.15) is 19.3 Å². The molecule has 202 valence electrons. The first-order valence-corrected chi connectivity index (χ1v) is 12.6. The number of hydrogen-bond acceptors (Lipinski definition) is 6. The summed E-state index contributed by atoms with van der Waals surface area (Å²) in [6.07, 6.45) is 10.9. The predicted octanol–water partition coefficient (Wildman–Crippen LogP) is 5.99. The molecule has 0 spiro atoms. The van der Waals surface area contributed by atoms with E-state index in [9.17, 15) is 18.8 Å². The lowest BCUT2D eigenvalue weighted by Gasteiger charge is -2.28. The molecule has 0 saturated carbocycles. The van der Waals surface area contributed by atoms with E-state index in [1.165, 1.54) is 36.0 Å². The van der Waals surface area contributed by atoms with E-state index in [4.69, 9.17) is 11.6 Å². The minimum absolute atomic E-state index is 0.0624. The molecule has 1 fully saturated rings. The number of hydrogen-bond donors (Lipinski definition) is 2. The number of benzene rings is 2. The Balaban J connectivity index is 0.00000127. The molecule has 2 N–H and O–H groups in total. The number of aromatic hydroxyl groups is 1. The Morgan fingerprint density at radius 1 is 1.03 bits per heavy atom. The molecule has 0 bridgehead atoms. The van der Waals surface area contributed by atoms with Crippen LogP contribution in [0.2, 0.25) is 5.02 Å². The van der Waals surface area contributed by atoms with Crippen molar-refractivity contribution in [2.45, 2.75) is 19.3 Å². The maximum atomic E-state index is 14.7. The van der Waals surface area contributed by atoms with E-state index >= 15 is 0 Å². The first kappa shape index (κ1) is 28.9. The van der Waals surface area contributed by atoms with Crippen LogP contribution >= 0.6 is 11.6 Å². The topological polar surface area (TPSA) is 71.9 Å². The van der Waals surface area contributed by atoms with Gasteiger partial charge in [-0.2, -0.15) is 5.54 Å². The summed E-state index contributed by atoms with van der Waals surface area (Å²) in [6.45, 7) is 1.91. The number of carbonyl (C=O) groups is 1. The number of aromatic nitrogens is 1. The molecule has 1 amide bonds. The second-order valence-corrected chi connectivity index (χ2v) is 9.37. The summed E-state index contributed by atoms with van der Waals surface area (Å²) in [5, 5.41) is 11.4. The molecule has 4 rings (SSSR count). The quantitative estimate of drug-likeness (QED) is 0.282. The Bertz CT molecular complexity index is 1270. The first-order chi connectivity index (χ1) is 18.3. The molecule has 1 aliphatic heterocycles. The Kier molecular flexibility index (Phi) is 10.4. The fourth-order valence-corrected chi connectivity index (χ4v) is 4.48. The van der Waals surface area contributed by atoms with Gasteiger partial charge in [0.15, 0.2) is 0 Å². The molecule has 0 radical (unpaired) electrons. The lowest BCUT2D eigenvalue weighted by molar-refractivity contribution is -0.106. The van der Waals surface area contributed by atoms with Crippen molar-refractivity contribution in [1.29, 1.82) is 0 Å². The van der Waals surface area contributed by atoms with Crippen molar-refractivity contribution in [3.05, 3.63) is 72.0 Å². The summed E-state index contributed by atoms with van der Waals surface area (Å²) in [4.78, 5) is 21.3. The predicted molar refractivity (Wildman–Crippen MR) is 149 cm³/mol. The maximum Gasteiger partial charge on any atom is 0.218 e. The minimum atomic E-state index is -0.486. The van der Waals surface area contributed by atoms with Gasteiger partial charge in [-0.25, -0.2) is 4.39 Å². The lowest BCUT2D eigenvalue weighted by Crippen LogP contribution is -2.29. The number of carbonyl (C=O) groups excluding carboxylic acids is 1. The van der Waals surface area contributed by atoms with Gasteiger partial charge in [-0.1, -0.05) is 17.7 Å². The molecule has 7 nitrogen and oxygen atoms in total. The Labute approximate surface area is 226 Å². The van der Waals surface area contributed by atoms with Crippen LogP contribution in [-0.4, -0.2) is 55.6 Å². The molecule has 38 heavy (non-hydrogen) atoms. The summed E-state index contributed by atoms with van der Waals surface area (Å²) in [5.74, 6) is -0.549. The van der Waals surface area contributed by atoms with Gasteiger partial charge < -0.3 is 14.9 Å². The fourth-order valence-electron chi connectivity index (χ4n) is 4.20. The molecule has 1 aliphatic rings. The largest absolute Gasteiger partial charge is 0.507 e. The summed E-state index contributed by atoms with van der Waals surface area (Å²) in [6, 6.07) is 9.49. The van der Waals surface area contributed by atoms with Crippen molar-refractivity contribution in [3.63, 3.8) is 0 Å². The number of rotatable bonds is 7. The number of halogens is 3. The standard InChI is InChI=1S/C27H28ClFN4O2.CH4FN/c1-31(2)10-11-33(18-34)26-7-6-19(13-25(26)28)23-14-21(29)15-24(27(23)35)20-12-22(17-30-16-20)32-8-4-3-5-9-32;1-3-2/h6-7,10-18,35H,3-5,8-9H2,1-2H3;3H,1H3/b11-10-;. The summed E-state index contributed by atoms with van der Waals surface area (Å²) in [5.41, 5.74) is 4.50. The summed E-state index contributed by atoms with van der Waals surface area (Å²) >= 11 is 6.48. The van der Waals surface area contributed by atoms with E-state index < -0.39 is 5.82 Å². The van der Waals surface area contributed by atoms with Crippen LogP contribution in [0.3, 0.4) is 0 Å². The number of piperidine rings is 1. The second kappa shape index (κ2) is 13.7. The third kappa shape index (κ3) is 7.20. The van der Waals surface area contributed by atoms with E-state index in [0.717, 1.165) is 31.6 Å². The van der Waals surface area contributed by atoms with Crippen molar-refractivity contribution < 1.29 is 18.8 Å². The van der Waals surface area contributed by atoms with Gasteiger partial charge in [-0.15, -0.1) is 4.48 Å². The molecule has 10 heteroatoms. The van der Waals surface area contributed by atoms with E-state index in [0.29, 0.717) is 34.4 Å². The Morgan fingerprint density at radius 3 is 2.29 bits per heavy atom. The van der Waals surface area contributed by atoms with Gasteiger partial charge in [-0.3, -0.25) is 14.7 Å². The zero-order valence-corrected chi connectivity index (χ0v) is 22.4. The van der Waals surface area contributed by atoms with E-state index in [1.54, 1.807) is 47.9 Å². The van der Waals surface area contributed by atoms with Gasteiger partial charge in [-0.05, 0) is 55.2 Å². The molecular weight excluding hydrogens is 512 g/mol. The number of amides is 1. The van der Waals surface area contributed by atoms with Crippen molar-refractivity contribution in [2.75, 3.05) is 44.0 Å². The Hall–Kier alpha value is -3.69. The monoisotopic (exact) mass is 543 g/mol. The maximum absolute atomic E-state index is 14.7. The zero-order chi connectivity index (χ0) is 27.7. The van der Waals surface area contributed by atoms with Gasteiger partial charge in [0, 0.05) is 69.5 Å². The molecule has 2 aromatic carbocycles. The van der Waals surface area contributed by atoms with Crippen LogP contribution in [-0.2, 0) is 4.79 Å². The second-order valence-electron chi connectivity index (χ2n) is 8.96. The molecule has 0 unspecified atom stereocenters. The molecule has 1 aromatic heterocycles. The van der Waals surface area contributed by atoms with Crippen molar-refractivity contribution >= 4 is 29.4 Å². The highest BCUT2D eigenvalue weighted by Gasteiger charge is 2.18. The van der Waals surface area contributed by atoms with Crippen molar-refractivity contribution in [2.24, 2.45) is 0 Å². The smallest absolute Gasteiger partial charge is 0.218 e. The van der Waals surface area contributed by atoms with Gasteiger partial charge >= 0.3 is 0 Å². The minimum Gasteiger partial charge on any atom is -0.507 e. The zero-order valence-electron chi connectivity index (χ0n) is 21.7. The number of phenols is 1. The molecule has 2 heterocycles. The fraction of sp³-hybridized carbons (Fsp3) is 0.286. The third-order valence-electron chi connectivity index (χ3n) is 6.01. The van der Waals surface area contributed by atoms with Crippen LogP contribution in [0.25, 0.3) is 22.3 Å². The normalized spacial score (nSPS) is 13.2. The van der Waals surface area contributed by atoms with Gasteiger partial charge in [0.1, 0.15) is 11.6 Å². The Morgan fingerprint density at radius 2 is 1.68 bits per heavy atom. The van der Waals surface area contributed by atoms with E-state index in [-0.39, 0.29) is 10.8 Å². The summed E-state index contributed by atoms with van der Waals surface area (Å²) < 4.78 is 24.8. The van der Waals surface area contributed by atoms with Gasteiger partial charge in [0.2, 0.25) is 6.41 Å². The van der Waals surface area contributed by atoms with Crippen LogP contribution in [0, 0.1) is 5.82 Å². The molecular formula is C28H32ClF2N5O2. The molecule has 3 aromatic rings.